The summed E-state index contributed by atoms with van der Waals surface area (Å²) < 4.78 is 24.0. The van der Waals surface area contributed by atoms with Crippen LogP contribution in [0.2, 0.25) is 0 Å². The molecule has 4 heterocycles. The second kappa shape index (κ2) is 9.60. The second-order valence-electron chi connectivity index (χ2n) is 11.3. The fourth-order valence-corrected chi connectivity index (χ4v) is 6.47. The third-order valence-corrected chi connectivity index (χ3v) is 8.69. The SMILES string of the molecule is CN1CCCC1CCNc1c(F)cc2c(=O)c(C(=O)N3CC[C@@H](N)C3)cn3c2c1Oc1cc2ccccc2cc1-3. The van der Waals surface area contributed by atoms with Crippen molar-refractivity contribution in [1.29, 1.82) is 0 Å². The highest BCUT2D eigenvalue weighted by atomic mass is 19.1. The van der Waals surface area contributed by atoms with E-state index in [0.717, 1.165) is 30.2 Å². The van der Waals surface area contributed by atoms with Gasteiger partial charge in [0.05, 0.1) is 11.1 Å². The van der Waals surface area contributed by atoms with Crippen LogP contribution in [0.5, 0.6) is 11.5 Å². The minimum atomic E-state index is -0.581. The number of anilines is 1. The monoisotopic (exact) mass is 541 g/mol. The first-order valence-corrected chi connectivity index (χ1v) is 14.0. The number of hydrogen-bond acceptors (Lipinski definition) is 6. The molecule has 0 spiro atoms. The lowest BCUT2D eigenvalue weighted by atomic mass is 10.0. The number of rotatable bonds is 5. The number of likely N-dealkylation sites (tertiary alicyclic amines) is 2. The summed E-state index contributed by atoms with van der Waals surface area (Å²) in [6.07, 6.45) is 5.43. The molecule has 2 saturated heterocycles. The Kier molecular flexibility index (Phi) is 6.01. The van der Waals surface area contributed by atoms with E-state index in [1.807, 2.05) is 41.0 Å². The van der Waals surface area contributed by atoms with Gasteiger partial charge in [-0.1, -0.05) is 24.3 Å². The predicted octanol–water partition coefficient (Wildman–Crippen LogP) is 4.46. The number of hydrogen-bond donors (Lipinski definition) is 2. The van der Waals surface area contributed by atoms with Crippen molar-refractivity contribution in [3.8, 4) is 17.2 Å². The molecule has 8 nitrogen and oxygen atoms in total. The molecule has 9 heteroatoms. The maximum Gasteiger partial charge on any atom is 0.259 e. The average Bonchev–Trinajstić information content (AvgIpc) is 3.57. The Morgan fingerprint density at radius 3 is 2.67 bits per heavy atom. The highest BCUT2D eigenvalue weighted by Gasteiger charge is 2.32. The van der Waals surface area contributed by atoms with Crippen molar-refractivity contribution in [3.05, 3.63) is 70.3 Å². The number of nitrogens with two attached hydrogens (primary N) is 1. The summed E-state index contributed by atoms with van der Waals surface area (Å²) in [5.74, 6) is -0.177. The minimum Gasteiger partial charge on any atom is -0.451 e. The van der Waals surface area contributed by atoms with Crippen molar-refractivity contribution in [1.82, 2.24) is 14.4 Å². The number of halogens is 1. The topological polar surface area (TPSA) is 92.8 Å². The Morgan fingerprint density at radius 1 is 1.15 bits per heavy atom. The second-order valence-corrected chi connectivity index (χ2v) is 11.3. The molecular formula is C31H32FN5O3. The van der Waals surface area contributed by atoms with E-state index in [-0.39, 0.29) is 34.3 Å². The smallest absolute Gasteiger partial charge is 0.259 e. The molecule has 3 aromatic carbocycles. The molecule has 206 valence electrons. The third kappa shape index (κ3) is 4.03. The molecule has 1 aromatic heterocycles. The van der Waals surface area contributed by atoms with Crippen LogP contribution in [0.25, 0.3) is 27.4 Å². The molecule has 0 aliphatic carbocycles. The molecule has 0 bridgehead atoms. The lowest BCUT2D eigenvalue weighted by Gasteiger charge is -2.27. The van der Waals surface area contributed by atoms with Gasteiger partial charge in [-0.3, -0.25) is 9.59 Å². The van der Waals surface area contributed by atoms with Gasteiger partial charge in [0.15, 0.2) is 17.3 Å². The zero-order chi connectivity index (χ0) is 27.5. The summed E-state index contributed by atoms with van der Waals surface area (Å²) in [6, 6.07) is 13.4. The van der Waals surface area contributed by atoms with E-state index in [4.69, 9.17) is 10.5 Å². The van der Waals surface area contributed by atoms with Gasteiger partial charge in [-0.25, -0.2) is 4.39 Å². The summed E-state index contributed by atoms with van der Waals surface area (Å²) in [5.41, 5.74) is 6.89. The van der Waals surface area contributed by atoms with Crippen LogP contribution in [0, 0.1) is 5.82 Å². The third-order valence-electron chi connectivity index (χ3n) is 8.69. The molecular weight excluding hydrogens is 509 g/mol. The van der Waals surface area contributed by atoms with Crippen LogP contribution in [0.3, 0.4) is 0 Å². The van der Waals surface area contributed by atoms with Gasteiger partial charge in [0, 0.05) is 37.9 Å². The number of carbonyl (C=O) groups excluding carboxylic acids is 1. The zero-order valence-corrected chi connectivity index (χ0v) is 22.5. The maximum atomic E-state index is 15.8. The Labute approximate surface area is 231 Å². The fraction of sp³-hybridized carbons (Fsp3) is 0.355. The molecule has 0 radical (unpaired) electrons. The van der Waals surface area contributed by atoms with E-state index in [9.17, 15) is 9.59 Å². The van der Waals surface area contributed by atoms with Gasteiger partial charge in [0.2, 0.25) is 5.43 Å². The molecule has 2 fully saturated rings. The molecule has 0 saturated carbocycles. The highest BCUT2D eigenvalue weighted by Crippen LogP contribution is 2.46. The van der Waals surface area contributed by atoms with Crippen LogP contribution in [0.4, 0.5) is 10.1 Å². The number of amides is 1. The number of aromatic nitrogens is 1. The summed E-state index contributed by atoms with van der Waals surface area (Å²) >= 11 is 0. The normalized spacial score (nSPS) is 20.2. The number of ether oxygens (including phenoxy) is 1. The van der Waals surface area contributed by atoms with Crippen LogP contribution >= 0.6 is 0 Å². The summed E-state index contributed by atoms with van der Waals surface area (Å²) in [7, 11) is 2.12. The fourth-order valence-electron chi connectivity index (χ4n) is 6.47. The van der Waals surface area contributed by atoms with Crippen LogP contribution in [-0.4, -0.2) is 65.6 Å². The highest BCUT2D eigenvalue weighted by molar-refractivity contribution is 6.02. The summed E-state index contributed by atoms with van der Waals surface area (Å²) in [5, 5.41) is 5.35. The van der Waals surface area contributed by atoms with Gasteiger partial charge in [-0.05, 0) is 68.2 Å². The van der Waals surface area contributed by atoms with Crippen molar-refractivity contribution in [2.45, 2.75) is 37.8 Å². The Morgan fingerprint density at radius 2 is 1.95 bits per heavy atom. The van der Waals surface area contributed by atoms with Crippen molar-refractivity contribution in [2.24, 2.45) is 5.73 Å². The van der Waals surface area contributed by atoms with Crippen molar-refractivity contribution in [3.63, 3.8) is 0 Å². The van der Waals surface area contributed by atoms with Crippen molar-refractivity contribution < 1.29 is 13.9 Å². The molecule has 1 amide bonds. The van der Waals surface area contributed by atoms with Crippen LogP contribution < -0.4 is 21.2 Å². The standard InChI is InChI=1S/C31H32FN5O3/c1-35-11-4-7-21(35)8-10-34-27-24(32)15-22-28-30(27)40-26-14-19-6-3-2-5-18(19)13-25(26)37(28)17-23(29(22)38)31(39)36-12-9-20(33)16-36/h2-3,5-6,13-15,17,20-21,34H,4,7-12,16,33H2,1H3/t20-,21?/m1/s1. The van der Waals surface area contributed by atoms with E-state index >= 15 is 4.39 Å². The molecule has 3 aliphatic rings. The van der Waals surface area contributed by atoms with E-state index < -0.39 is 11.2 Å². The summed E-state index contributed by atoms with van der Waals surface area (Å²) in [6.45, 7) is 2.51. The van der Waals surface area contributed by atoms with E-state index in [2.05, 4.69) is 17.3 Å². The molecule has 7 rings (SSSR count). The number of benzene rings is 3. The largest absolute Gasteiger partial charge is 0.451 e. The number of carbonyl (C=O) groups is 1. The van der Waals surface area contributed by atoms with Gasteiger partial charge in [-0.2, -0.15) is 0 Å². The van der Waals surface area contributed by atoms with Crippen LogP contribution in [0.15, 0.2) is 53.5 Å². The van der Waals surface area contributed by atoms with Gasteiger partial charge in [-0.15, -0.1) is 0 Å². The number of pyridine rings is 1. The van der Waals surface area contributed by atoms with Gasteiger partial charge < -0.3 is 30.2 Å². The molecule has 2 atom stereocenters. The lowest BCUT2D eigenvalue weighted by molar-refractivity contribution is 0.0789. The first-order chi connectivity index (χ1) is 19.4. The summed E-state index contributed by atoms with van der Waals surface area (Å²) in [4.78, 5) is 31.2. The zero-order valence-electron chi connectivity index (χ0n) is 22.5. The quantitative estimate of drug-likeness (QED) is 0.341. The molecule has 1 unspecified atom stereocenters. The average molecular weight is 542 g/mol. The Balaban J connectivity index is 1.39. The molecule has 3 aliphatic heterocycles. The molecule has 40 heavy (non-hydrogen) atoms. The number of nitrogens with one attached hydrogen (secondary N) is 1. The maximum absolute atomic E-state index is 15.8. The van der Waals surface area contributed by atoms with Gasteiger partial charge in [0.1, 0.15) is 16.8 Å². The lowest BCUT2D eigenvalue weighted by Crippen LogP contribution is -2.35. The molecule has 3 N–H and O–H groups in total. The minimum absolute atomic E-state index is 0.00191. The Hall–Kier alpha value is -3.95. The predicted molar refractivity (Wildman–Crippen MR) is 154 cm³/mol. The Bertz CT molecular complexity index is 1730. The molecule has 4 aromatic rings. The van der Waals surface area contributed by atoms with Crippen molar-refractivity contribution in [2.75, 3.05) is 38.5 Å². The van der Waals surface area contributed by atoms with Gasteiger partial charge in [0.25, 0.3) is 5.91 Å². The van der Waals surface area contributed by atoms with Crippen molar-refractivity contribution >= 4 is 33.3 Å². The van der Waals surface area contributed by atoms with E-state index in [1.165, 1.54) is 12.5 Å². The van der Waals surface area contributed by atoms with Crippen LogP contribution in [0.1, 0.15) is 36.0 Å². The first kappa shape index (κ1) is 25.0. The number of nitrogens with zero attached hydrogens (tertiary/aromatic N) is 3. The number of fused-ring (bicyclic) bond motifs is 3. The van der Waals surface area contributed by atoms with Crippen LogP contribution in [-0.2, 0) is 0 Å². The first-order valence-electron chi connectivity index (χ1n) is 14.0. The van der Waals surface area contributed by atoms with E-state index in [0.29, 0.717) is 49.1 Å². The van der Waals surface area contributed by atoms with Gasteiger partial charge >= 0.3 is 0 Å². The van der Waals surface area contributed by atoms with E-state index in [1.54, 1.807) is 11.1 Å².